The van der Waals surface area contributed by atoms with E-state index in [1.54, 1.807) is 26.3 Å². The molecule has 2 fully saturated rings. The number of pyridine rings is 1. The van der Waals surface area contributed by atoms with Crippen LogP contribution >= 0.6 is 0 Å². The Morgan fingerprint density at radius 1 is 1.24 bits per heavy atom. The first-order chi connectivity index (χ1) is 18.0. The number of ether oxygens (including phenoxy) is 1. The van der Waals surface area contributed by atoms with Crippen molar-refractivity contribution >= 4 is 22.9 Å². The number of halogens is 1. The van der Waals surface area contributed by atoms with Gasteiger partial charge in [0.1, 0.15) is 17.6 Å². The number of imidazole rings is 1. The Labute approximate surface area is 216 Å². The number of benzene rings is 1. The molecule has 1 saturated heterocycles. The third kappa shape index (κ3) is 5.35. The SMILES string of the molecule is CNC(=O)c1ccc(NCC#Cc2nc3c(N[C@@H]4CCN(C)C[C@@H]4F)cccn3c2C2CC2)c(OC)c1. The van der Waals surface area contributed by atoms with Crippen LogP contribution in [0.25, 0.3) is 5.65 Å². The second-order valence-electron chi connectivity index (χ2n) is 9.70. The highest BCUT2D eigenvalue weighted by Gasteiger charge is 2.32. The topological polar surface area (TPSA) is 82.9 Å². The fourth-order valence-electron chi connectivity index (χ4n) is 4.85. The Morgan fingerprint density at radius 2 is 2.08 bits per heavy atom. The molecule has 0 radical (unpaired) electrons. The van der Waals surface area contributed by atoms with E-state index < -0.39 is 6.17 Å². The van der Waals surface area contributed by atoms with Crippen molar-refractivity contribution in [1.82, 2.24) is 19.6 Å². The molecule has 1 aliphatic carbocycles. The average molecular weight is 505 g/mol. The highest BCUT2D eigenvalue weighted by Crippen LogP contribution is 2.42. The van der Waals surface area contributed by atoms with Gasteiger partial charge in [0.2, 0.25) is 0 Å². The summed E-state index contributed by atoms with van der Waals surface area (Å²) >= 11 is 0. The Morgan fingerprint density at radius 3 is 2.81 bits per heavy atom. The number of hydrogen-bond donors (Lipinski definition) is 3. The number of piperidine rings is 1. The standard InChI is InChI=1S/C28H33FN6O2/c1-30-28(36)19-10-11-22(25(16-19)37-3)31-13-4-6-23-26(18-8-9-18)35-14-5-7-24(27(35)33-23)32-21-12-15-34(2)17-20(21)29/h5,7,10-11,14,16,18,20-21,31-32H,8-9,12-13,15,17H2,1-3H3,(H,30,36)/t20-,21+/m0/s1. The maximum absolute atomic E-state index is 14.7. The van der Waals surface area contributed by atoms with Gasteiger partial charge in [-0.3, -0.25) is 4.79 Å². The minimum atomic E-state index is -0.926. The molecular weight excluding hydrogens is 471 g/mol. The lowest BCUT2D eigenvalue weighted by Crippen LogP contribution is -2.46. The van der Waals surface area contributed by atoms with Gasteiger partial charge in [0.15, 0.2) is 5.65 Å². The Bertz CT molecular complexity index is 1360. The van der Waals surface area contributed by atoms with Crippen molar-refractivity contribution in [1.29, 1.82) is 0 Å². The molecule has 2 aromatic heterocycles. The molecule has 9 heteroatoms. The van der Waals surface area contributed by atoms with E-state index in [1.165, 1.54) is 0 Å². The zero-order valence-electron chi connectivity index (χ0n) is 21.5. The van der Waals surface area contributed by atoms with E-state index in [4.69, 9.17) is 9.72 Å². The van der Waals surface area contributed by atoms with Crippen LogP contribution in [0.2, 0.25) is 0 Å². The number of anilines is 2. The van der Waals surface area contributed by atoms with Crippen molar-refractivity contribution < 1.29 is 13.9 Å². The maximum atomic E-state index is 14.7. The summed E-state index contributed by atoms with van der Waals surface area (Å²) in [7, 11) is 5.12. The first kappa shape index (κ1) is 24.9. The number of nitrogens with zero attached hydrogens (tertiary/aromatic N) is 3. The van der Waals surface area contributed by atoms with E-state index >= 15 is 0 Å². The molecule has 194 valence electrons. The van der Waals surface area contributed by atoms with Crippen LogP contribution in [0.15, 0.2) is 36.5 Å². The molecule has 2 atom stereocenters. The van der Waals surface area contributed by atoms with Gasteiger partial charge in [0.05, 0.1) is 36.8 Å². The summed E-state index contributed by atoms with van der Waals surface area (Å²) in [5, 5.41) is 9.30. The number of amides is 1. The molecule has 1 saturated carbocycles. The van der Waals surface area contributed by atoms with Crippen LogP contribution in [-0.4, -0.2) is 73.2 Å². The molecule has 37 heavy (non-hydrogen) atoms. The second kappa shape index (κ2) is 10.7. The van der Waals surface area contributed by atoms with Crippen LogP contribution in [0, 0.1) is 11.8 Å². The molecule has 5 rings (SSSR count). The molecule has 0 unspecified atom stereocenters. The molecule has 3 N–H and O–H groups in total. The first-order valence-corrected chi connectivity index (χ1v) is 12.7. The minimum absolute atomic E-state index is 0.171. The third-order valence-corrected chi connectivity index (χ3v) is 7.00. The number of carbonyl (C=O) groups is 1. The molecular formula is C28H33FN6O2. The van der Waals surface area contributed by atoms with Crippen LogP contribution in [-0.2, 0) is 0 Å². The number of alkyl halides is 1. The van der Waals surface area contributed by atoms with Crippen LogP contribution in [0.1, 0.15) is 46.9 Å². The second-order valence-corrected chi connectivity index (χ2v) is 9.70. The number of nitrogens with one attached hydrogen (secondary N) is 3. The minimum Gasteiger partial charge on any atom is -0.495 e. The zero-order valence-corrected chi connectivity index (χ0v) is 21.5. The summed E-state index contributed by atoms with van der Waals surface area (Å²) in [6.07, 6.45) is 4.08. The Hall–Kier alpha value is -3.77. The van der Waals surface area contributed by atoms with E-state index in [1.807, 2.05) is 36.3 Å². The fourth-order valence-corrected chi connectivity index (χ4v) is 4.85. The van der Waals surface area contributed by atoms with E-state index in [2.05, 4.69) is 32.2 Å². The summed E-state index contributed by atoms with van der Waals surface area (Å²) < 4.78 is 22.2. The van der Waals surface area contributed by atoms with E-state index in [0.29, 0.717) is 30.3 Å². The first-order valence-electron chi connectivity index (χ1n) is 12.7. The molecule has 8 nitrogen and oxygen atoms in total. The van der Waals surface area contributed by atoms with Gasteiger partial charge in [-0.15, -0.1) is 0 Å². The predicted molar refractivity (Wildman–Crippen MR) is 143 cm³/mol. The molecule has 3 heterocycles. The Kier molecular flexibility index (Phi) is 7.19. The third-order valence-electron chi connectivity index (χ3n) is 7.00. The van der Waals surface area contributed by atoms with Crippen LogP contribution in [0.4, 0.5) is 15.8 Å². The number of hydrogen-bond acceptors (Lipinski definition) is 6. The molecule has 3 aromatic rings. The van der Waals surface area contributed by atoms with Crippen molar-refractivity contribution in [3.63, 3.8) is 0 Å². The molecule has 1 aliphatic heterocycles. The number of aromatic nitrogens is 2. The summed E-state index contributed by atoms with van der Waals surface area (Å²) in [6.45, 7) is 1.69. The Balaban J connectivity index is 1.36. The van der Waals surface area contributed by atoms with E-state index in [0.717, 1.165) is 54.2 Å². The van der Waals surface area contributed by atoms with Crippen molar-refractivity contribution in [3.05, 3.63) is 53.5 Å². The highest BCUT2D eigenvalue weighted by atomic mass is 19.1. The van der Waals surface area contributed by atoms with Crippen LogP contribution in [0.3, 0.4) is 0 Å². The van der Waals surface area contributed by atoms with Gasteiger partial charge in [-0.2, -0.15) is 0 Å². The van der Waals surface area contributed by atoms with Crippen molar-refractivity contribution in [3.8, 4) is 17.6 Å². The van der Waals surface area contributed by atoms with Crippen LogP contribution < -0.4 is 20.7 Å². The number of methoxy groups -OCH3 is 1. The number of likely N-dealkylation sites (tertiary alicyclic amines) is 1. The van der Waals surface area contributed by atoms with Gasteiger partial charge >= 0.3 is 0 Å². The lowest BCUT2D eigenvalue weighted by atomic mass is 10.0. The predicted octanol–water partition coefficient (Wildman–Crippen LogP) is 3.50. The molecule has 0 bridgehead atoms. The van der Waals surface area contributed by atoms with Gasteiger partial charge in [-0.1, -0.05) is 5.92 Å². The quantitative estimate of drug-likeness (QED) is 0.428. The highest BCUT2D eigenvalue weighted by molar-refractivity contribution is 5.95. The van der Waals surface area contributed by atoms with Crippen molar-refractivity contribution in [2.24, 2.45) is 0 Å². The summed E-state index contributed by atoms with van der Waals surface area (Å²) in [5.41, 5.74) is 4.80. The van der Waals surface area contributed by atoms with E-state index in [9.17, 15) is 9.18 Å². The van der Waals surface area contributed by atoms with E-state index in [-0.39, 0.29) is 11.9 Å². The zero-order chi connectivity index (χ0) is 25.9. The monoisotopic (exact) mass is 504 g/mol. The van der Waals surface area contributed by atoms with Crippen molar-refractivity contribution in [2.75, 3.05) is 51.5 Å². The van der Waals surface area contributed by atoms with Crippen molar-refractivity contribution in [2.45, 2.75) is 37.4 Å². The van der Waals surface area contributed by atoms with Gasteiger partial charge in [-0.25, -0.2) is 9.37 Å². The summed E-state index contributed by atoms with van der Waals surface area (Å²) in [6, 6.07) is 8.97. The number of fused-ring (bicyclic) bond motifs is 1. The number of carbonyl (C=O) groups excluding carboxylic acids is 1. The number of rotatable bonds is 7. The molecule has 1 amide bonds. The lowest BCUT2D eigenvalue weighted by molar-refractivity contribution is 0.0962. The molecule has 1 aromatic carbocycles. The fraction of sp³-hybridized carbons (Fsp3) is 0.429. The van der Waals surface area contributed by atoms with Gasteiger partial charge in [-0.05, 0) is 62.6 Å². The van der Waals surface area contributed by atoms with Gasteiger partial charge in [0, 0.05) is 37.8 Å². The maximum Gasteiger partial charge on any atom is 0.251 e. The largest absolute Gasteiger partial charge is 0.495 e. The van der Waals surface area contributed by atoms with Gasteiger partial charge < -0.3 is 30.0 Å². The molecule has 0 spiro atoms. The van der Waals surface area contributed by atoms with Gasteiger partial charge in [0.25, 0.3) is 5.91 Å². The summed E-state index contributed by atoms with van der Waals surface area (Å²) in [5.74, 6) is 7.29. The smallest absolute Gasteiger partial charge is 0.251 e. The van der Waals surface area contributed by atoms with Crippen LogP contribution in [0.5, 0.6) is 5.75 Å². The normalized spacial score (nSPS) is 19.7. The summed E-state index contributed by atoms with van der Waals surface area (Å²) in [4.78, 5) is 18.8. The molecule has 2 aliphatic rings. The average Bonchev–Trinajstić information content (AvgIpc) is 3.67. The lowest BCUT2D eigenvalue weighted by Gasteiger charge is -2.33.